The van der Waals surface area contributed by atoms with E-state index in [0.29, 0.717) is 24.5 Å². The summed E-state index contributed by atoms with van der Waals surface area (Å²) in [6.45, 7) is 1.97. The summed E-state index contributed by atoms with van der Waals surface area (Å²) in [4.78, 5) is 41.6. The van der Waals surface area contributed by atoms with Gasteiger partial charge in [-0.05, 0) is 72.0 Å². The molecule has 2 aliphatic rings. The van der Waals surface area contributed by atoms with Crippen LogP contribution in [0.15, 0.2) is 73.3 Å². The molecule has 3 heterocycles. The molecule has 35 heavy (non-hydrogen) atoms. The molecular formula is C28H27N5O2. The Balaban J connectivity index is 1.21. The number of rotatable bonds is 6. The van der Waals surface area contributed by atoms with Gasteiger partial charge in [0.1, 0.15) is 0 Å². The first-order chi connectivity index (χ1) is 17.2. The Morgan fingerprint density at radius 2 is 1.83 bits per heavy atom. The number of benzene rings is 2. The third-order valence-corrected chi connectivity index (χ3v) is 7.05. The van der Waals surface area contributed by atoms with Crippen LogP contribution in [-0.2, 0) is 4.79 Å². The van der Waals surface area contributed by atoms with Crippen molar-refractivity contribution in [1.29, 1.82) is 0 Å². The second-order valence-electron chi connectivity index (χ2n) is 9.55. The number of aromatic nitrogens is 3. The number of likely N-dealkylation sites (tertiary alicyclic amines) is 1. The zero-order valence-electron chi connectivity index (χ0n) is 19.4. The summed E-state index contributed by atoms with van der Waals surface area (Å²) in [7, 11) is 0. The van der Waals surface area contributed by atoms with Gasteiger partial charge in [-0.1, -0.05) is 18.2 Å². The SMILES string of the molecule is O=C(C1CC1)N1CC[C@@H](CN(C(=O)c2ccc(-c3ccc4[nH]ccc4c3)cc2)c2cnccn2)C1. The Labute approximate surface area is 203 Å². The number of hydrogen-bond donors (Lipinski definition) is 1. The molecule has 2 aromatic heterocycles. The smallest absolute Gasteiger partial charge is 0.259 e. The van der Waals surface area contributed by atoms with E-state index in [1.54, 1.807) is 23.5 Å². The van der Waals surface area contributed by atoms with Gasteiger partial charge in [0.05, 0.1) is 6.20 Å². The number of nitrogens with zero attached hydrogens (tertiary/aromatic N) is 4. The fourth-order valence-corrected chi connectivity index (χ4v) is 4.93. The number of amides is 2. The van der Waals surface area contributed by atoms with Crippen LogP contribution in [0, 0.1) is 11.8 Å². The zero-order valence-corrected chi connectivity index (χ0v) is 19.4. The van der Waals surface area contributed by atoms with Crippen LogP contribution in [0.25, 0.3) is 22.0 Å². The summed E-state index contributed by atoms with van der Waals surface area (Å²) in [5.74, 6) is 1.15. The van der Waals surface area contributed by atoms with E-state index in [1.807, 2.05) is 35.4 Å². The molecule has 1 saturated carbocycles. The fraction of sp³-hybridized carbons (Fsp3) is 0.286. The minimum atomic E-state index is -0.106. The average Bonchev–Trinajstić information content (AvgIpc) is 3.46. The van der Waals surface area contributed by atoms with Gasteiger partial charge in [0, 0.05) is 55.2 Å². The molecule has 7 nitrogen and oxygen atoms in total. The van der Waals surface area contributed by atoms with Crippen LogP contribution in [0.5, 0.6) is 0 Å². The van der Waals surface area contributed by atoms with Crippen molar-refractivity contribution in [1.82, 2.24) is 19.9 Å². The highest BCUT2D eigenvalue weighted by Crippen LogP contribution is 2.33. The van der Waals surface area contributed by atoms with Gasteiger partial charge >= 0.3 is 0 Å². The van der Waals surface area contributed by atoms with E-state index in [1.165, 1.54) is 0 Å². The first kappa shape index (κ1) is 21.5. The van der Waals surface area contributed by atoms with Gasteiger partial charge in [0.15, 0.2) is 5.82 Å². The van der Waals surface area contributed by atoms with E-state index in [4.69, 9.17) is 0 Å². The van der Waals surface area contributed by atoms with Crippen molar-refractivity contribution in [2.24, 2.45) is 11.8 Å². The highest BCUT2D eigenvalue weighted by Gasteiger charge is 2.37. The van der Waals surface area contributed by atoms with Gasteiger partial charge in [0.25, 0.3) is 5.91 Å². The molecule has 2 fully saturated rings. The van der Waals surface area contributed by atoms with Crippen molar-refractivity contribution in [3.63, 3.8) is 0 Å². The lowest BCUT2D eigenvalue weighted by Gasteiger charge is -2.25. The number of aromatic amines is 1. The van der Waals surface area contributed by atoms with Crippen molar-refractivity contribution in [3.05, 3.63) is 78.9 Å². The highest BCUT2D eigenvalue weighted by molar-refractivity contribution is 6.05. The maximum atomic E-state index is 13.6. The summed E-state index contributed by atoms with van der Waals surface area (Å²) in [5.41, 5.74) is 3.87. The maximum Gasteiger partial charge on any atom is 0.259 e. The lowest BCUT2D eigenvalue weighted by molar-refractivity contribution is -0.131. The number of fused-ring (bicyclic) bond motifs is 1. The van der Waals surface area contributed by atoms with E-state index in [-0.39, 0.29) is 23.7 Å². The molecule has 1 saturated heterocycles. The minimum absolute atomic E-state index is 0.106. The van der Waals surface area contributed by atoms with Crippen molar-refractivity contribution < 1.29 is 9.59 Å². The predicted molar refractivity (Wildman–Crippen MR) is 135 cm³/mol. The number of carbonyl (C=O) groups is 2. The monoisotopic (exact) mass is 465 g/mol. The predicted octanol–water partition coefficient (Wildman–Crippen LogP) is 4.53. The normalized spacial score (nSPS) is 17.6. The molecule has 1 aliphatic carbocycles. The topological polar surface area (TPSA) is 82.2 Å². The zero-order chi connectivity index (χ0) is 23.8. The van der Waals surface area contributed by atoms with Gasteiger partial charge in [-0.3, -0.25) is 19.5 Å². The summed E-state index contributed by atoms with van der Waals surface area (Å²) < 4.78 is 0. The molecule has 176 valence electrons. The van der Waals surface area contributed by atoms with E-state index in [9.17, 15) is 9.59 Å². The summed E-state index contributed by atoms with van der Waals surface area (Å²) in [6.07, 6.45) is 9.69. The molecule has 7 heteroatoms. The van der Waals surface area contributed by atoms with E-state index in [0.717, 1.165) is 47.8 Å². The second-order valence-corrected chi connectivity index (χ2v) is 9.55. The molecular weight excluding hydrogens is 438 g/mol. The first-order valence-electron chi connectivity index (χ1n) is 12.2. The minimum Gasteiger partial charge on any atom is -0.361 e. The lowest BCUT2D eigenvalue weighted by Crippen LogP contribution is -2.38. The van der Waals surface area contributed by atoms with Crippen LogP contribution in [0.4, 0.5) is 5.82 Å². The maximum absolute atomic E-state index is 13.6. The molecule has 0 spiro atoms. The van der Waals surface area contributed by atoms with Crippen LogP contribution < -0.4 is 4.90 Å². The van der Waals surface area contributed by atoms with Gasteiger partial charge in [-0.2, -0.15) is 0 Å². The van der Waals surface area contributed by atoms with Crippen LogP contribution in [0.3, 0.4) is 0 Å². The third kappa shape index (κ3) is 4.41. The largest absolute Gasteiger partial charge is 0.361 e. The molecule has 2 amide bonds. The average molecular weight is 466 g/mol. The fourth-order valence-electron chi connectivity index (χ4n) is 4.93. The van der Waals surface area contributed by atoms with E-state index < -0.39 is 0 Å². The van der Waals surface area contributed by atoms with Crippen LogP contribution in [0.1, 0.15) is 29.6 Å². The molecule has 0 bridgehead atoms. The van der Waals surface area contributed by atoms with Gasteiger partial charge in [-0.25, -0.2) is 4.98 Å². The summed E-state index contributed by atoms with van der Waals surface area (Å²) >= 11 is 0. The Morgan fingerprint density at radius 3 is 2.60 bits per heavy atom. The number of hydrogen-bond acceptors (Lipinski definition) is 4. The van der Waals surface area contributed by atoms with Crippen LogP contribution in [-0.4, -0.2) is 51.3 Å². The summed E-state index contributed by atoms with van der Waals surface area (Å²) in [5, 5.41) is 1.15. The molecule has 6 rings (SSSR count). The second kappa shape index (κ2) is 8.98. The molecule has 0 radical (unpaired) electrons. The van der Waals surface area contributed by atoms with Gasteiger partial charge < -0.3 is 9.88 Å². The van der Waals surface area contributed by atoms with Crippen molar-refractivity contribution in [2.45, 2.75) is 19.3 Å². The molecule has 4 aromatic rings. The van der Waals surface area contributed by atoms with Gasteiger partial charge in [-0.15, -0.1) is 0 Å². The van der Waals surface area contributed by atoms with E-state index in [2.05, 4.69) is 39.2 Å². The van der Waals surface area contributed by atoms with E-state index >= 15 is 0 Å². The Bertz CT molecular complexity index is 1360. The van der Waals surface area contributed by atoms with Crippen molar-refractivity contribution >= 4 is 28.5 Å². The molecule has 1 atom stereocenters. The molecule has 1 N–H and O–H groups in total. The molecule has 0 unspecified atom stereocenters. The third-order valence-electron chi connectivity index (χ3n) is 7.05. The Kier molecular flexibility index (Phi) is 5.52. The summed E-state index contributed by atoms with van der Waals surface area (Å²) in [6, 6.07) is 16.1. The van der Waals surface area contributed by atoms with Crippen molar-refractivity contribution in [3.8, 4) is 11.1 Å². The van der Waals surface area contributed by atoms with Crippen LogP contribution in [0.2, 0.25) is 0 Å². The Morgan fingerprint density at radius 1 is 1.00 bits per heavy atom. The first-order valence-corrected chi connectivity index (χ1v) is 12.2. The number of H-pyrrole nitrogens is 1. The Hall–Kier alpha value is -4.00. The lowest BCUT2D eigenvalue weighted by atomic mass is 10.0. The van der Waals surface area contributed by atoms with Crippen LogP contribution >= 0.6 is 0 Å². The molecule has 2 aromatic carbocycles. The van der Waals surface area contributed by atoms with Crippen molar-refractivity contribution in [2.75, 3.05) is 24.5 Å². The number of carbonyl (C=O) groups excluding carboxylic acids is 2. The van der Waals surface area contributed by atoms with Gasteiger partial charge in [0.2, 0.25) is 5.91 Å². The number of anilines is 1. The standard InChI is InChI=1S/C28H27N5O2/c34-27(21-5-6-21)32-14-10-19(17-32)18-33(26-16-29-12-13-31-26)28(35)22-3-1-20(2-4-22)23-7-8-25-24(15-23)9-11-30-25/h1-4,7-9,11-13,15-16,19,21,30H,5-6,10,14,17-18H2/t19-/m1/s1. The quantitative estimate of drug-likeness (QED) is 0.454. The molecule has 1 aliphatic heterocycles. The number of nitrogens with one attached hydrogen (secondary N) is 1. The highest BCUT2D eigenvalue weighted by atomic mass is 16.2.